The van der Waals surface area contributed by atoms with Gasteiger partial charge in [0, 0.05) is 18.0 Å². The maximum atomic E-state index is 12.3. The van der Waals surface area contributed by atoms with Gasteiger partial charge in [-0.3, -0.25) is 4.79 Å². The lowest BCUT2D eigenvalue weighted by Crippen LogP contribution is -2.38. The molecule has 9 heteroatoms. The molecule has 6 nitrogen and oxygen atoms in total. The van der Waals surface area contributed by atoms with Crippen molar-refractivity contribution in [3.05, 3.63) is 28.9 Å². The lowest BCUT2D eigenvalue weighted by atomic mass is 10.3. The summed E-state index contributed by atoms with van der Waals surface area (Å²) < 4.78 is 5.45. The van der Waals surface area contributed by atoms with Crippen molar-refractivity contribution in [1.29, 1.82) is 0 Å². The number of nitrogens with zero attached hydrogens (tertiary/aromatic N) is 2. The summed E-state index contributed by atoms with van der Waals surface area (Å²) in [5.41, 5.74) is 1.17. The van der Waals surface area contributed by atoms with Crippen molar-refractivity contribution in [3.63, 3.8) is 0 Å². The normalized spacial score (nSPS) is 20.3. The van der Waals surface area contributed by atoms with E-state index in [4.69, 9.17) is 17.0 Å². The van der Waals surface area contributed by atoms with Crippen LogP contribution in [0.2, 0.25) is 0 Å². The van der Waals surface area contributed by atoms with Crippen molar-refractivity contribution in [1.82, 2.24) is 4.90 Å². The second-order valence-corrected chi connectivity index (χ2v) is 7.40. The maximum absolute atomic E-state index is 12.3. The molecule has 0 N–H and O–H groups in total. The molecule has 120 valence electrons. The van der Waals surface area contributed by atoms with Gasteiger partial charge in [-0.15, -0.1) is 0 Å². The summed E-state index contributed by atoms with van der Waals surface area (Å²) >= 11 is 7.37. The molecule has 2 aliphatic heterocycles. The summed E-state index contributed by atoms with van der Waals surface area (Å²) in [5.74, 6) is -0.581. The summed E-state index contributed by atoms with van der Waals surface area (Å²) in [7, 11) is 3.40. The number of carbonyl (C=O) groups excluding carboxylic acids is 2. The highest BCUT2D eigenvalue weighted by Gasteiger charge is 2.38. The van der Waals surface area contributed by atoms with Crippen LogP contribution in [0.25, 0.3) is 0 Å². The van der Waals surface area contributed by atoms with Gasteiger partial charge < -0.3 is 24.4 Å². The quantitative estimate of drug-likeness (QED) is 0.575. The van der Waals surface area contributed by atoms with Gasteiger partial charge in [0.15, 0.2) is 0 Å². The minimum atomic E-state index is -1.29. The molecular weight excluding hydrogens is 356 g/mol. The Labute approximate surface area is 146 Å². The zero-order chi connectivity index (χ0) is 16.7. The third-order valence-corrected chi connectivity index (χ3v) is 5.86. The molecule has 1 saturated heterocycles. The number of fused-ring (bicyclic) bond motifs is 1. The van der Waals surface area contributed by atoms with Gasteiger partial charge in [0.25, 0.3) is 0 Å². The van der Waals surface area contributed by atoms with E-state index in [9.17, 15) is 14.7 Å². The van der Waals surface area contributed by atoms with Gasteiger partial charge in [-0.05, 0) is 23.9 Å². The van der Waals surface area contributed by atoms with Crippen molar-refractivity contribution >= 4 is 56.8 Å². The molecule has 0 radical (unpaired) electrons. The van der Waals surface area contributed by atoms with E-state index in [0.29, 0.717) is 10.8 Å². The summed E-state index contributed by atoms with van der Waals surface area (Å²) in [6, 6.07) is 5.60. The Kier molecular flexibility index (Phi) is 4.26. The summed E-state index contributed by atoms with van der Waals surface area (Å²) in [4.78, 5) is 27.4. The van der Waals surface area contributed by atoms with Gasteiger partial charge in [-0.25, -0.2) is 0 Å². The van der Waals surface area contributed by atoms with Gasteiger partial charge in [-0.2, -0.15) is 0 Å². The first-order valence-electron chi connectivity index (χ1n) is 6.49. The molecule has 23 heavy (non-hydrogen) atoms. The van der Waals surface area contributed by atoms with Crippen LogP contribution in [0.15, 0.2) is 33.8 Å². The standard InChI is InChI=1S/C14H12N2O4S3/c1-15-8-5-7(20-2)3-4-9(8)22-12(15)11-13(19)23-14(21)16(11)6-10(17)18/h3-5H,6H2,1-2H3,(H,17,18)/p-1. The SMILES string of the molecule is COc1ccc2c(c1)N(C)C(=C1C(=O)SC(=S)N1CC(=O)[O-])S2. The molecule has 0 aromatic heterocycles. The van der Waals surface area contributed by atoms with Crippen LogP contribution in [0.4, 0.5) is 5.69 Å². The zero-order valence-corrected chi connectivity index (χ0v) is 14.6. The van der Waals surface area contributed by atoms with E-state index in [2.05, 4.69) is 0 Å². The molecule has 1 aromatic rings. The van der Waals surface area contributed by atoms with E-state index in [1.807, 2.05) is 30.1 Å². The highest BCUT2D eigenvalue weighted by atomic mass is 32.2. The second-order valence-electron chi connectivity index (χ2n) is 4.76. The van der Waals surface area contributed by atoms with E-state index < -0.39 is 12.5 Å². The van der Waals surface area contributed by atoms with Crippen LogP contribution in [0, 0.1) is 0 Å². The third kappa shape index (κ3) is 2.79. The molecular formula is C14H11N2O4S3-. The van der Waals surface area contributed by atoms with Crippen LogP contribution in [0.1, 0.15) is 0 Å². The van der Waals surface area contributed by atoms with E-state index >= 15 is 0 Å². The number of benzene rings is 1. The monoisotopic (exact) mass is 367 g/mol. The number of carbonyl (C=O) groups is 2. The van der Waals surface area contributed by atoms with E-state index in [1.165, 1.54) is 16.7 Å². The van der Waals surface area contributed by atoms with Gasteiger partial charge in [0.2, 0.25) is 5.12 Å². The minimum absolute atomic E-state index is 0.226. The van der Waals surface area contributed by atoms with E-state index in [0.717, 1.165) is 22.3 Å². The Hall–Kier alpha value is -1.71. The van der Waals surface area contributed by atoms with Crippen molar-refractivity contribution in [2.24, 2.45) is 0 Å². The van der Waals surface area contributed by atoms with E-state index in [-0.39, 0.29) is 15.1 Å². The predicted molar refractivity (Wildman–Crippen MR) is 91.2 cm³/mol. The van der Waals surface area contributed by atoms with Gasteiger partial charge >= 0.3 is 0 Å². The topological polar surface area (TPSA) is 72.9 Å². The van der Waals surface area contributed by atoms with Crippen LogP contribution >= 0.6 is 35.7 Å². The molecule has 0 bridgehead atoms. The number of thioether (sulfide) groups is 2. The second kappa shape index (κ2) is 6.06. The number of thiocarbonyl (C=S) groups is 1. The molecule has 1 aromatic carbocycles. The largest absolute Gasteiger partial charge is 0.548 e. The number of ether oxygens (including phenoxy) is 1. The molecule has 2 aliphatic rings. The molecule has 3 rings (SSSR count). The number of hydrogen-bond acceptors (Lipinski definition) is 8. The Morgan fingerprint density at radius 3 is 2.78 bits per heavy atom. The average molecular weight is 367 g/mol. The van der Waals surface area contributed by atoms with Gasteiger partial charge in [-0.1, -0.05) is 24.0 Å². The van der Waals surface area contributed by atoms with Crippen LogP contribution in [0.5, 0.6) is 5.75 Å². The molecule has 2 heterocycles. The number of hydrogen-bond donors (Lipinski definition) is 0. The Balaban J connectivity index is 2.05. The fourth-order valence-electron chi connectivity index (χ4n) is 2.32. The smallest absolute Gasteiger partial charge is 0.245 e. The van der Waals surface area contributed by atoms with Gasteiger partial charge in [0.05, 0.1) is 25.3 Å². The van der Waals surface area contributed by atoms with Crippen molar-refractivity contribution in [2.45, 2.75) is 4.90 Å². The van der Waals surface area contributed by atoms with Gasteiger partial charge in [0.1, 0.15) is 20.8 Å². The van der Waals surface area contributed by atoms with Crippen LogP contribution < -0.4 is 14.7 Å². The molecule has 0 saturated carbocycles. The maximum Gasteiger partial charge on any atom is 0.245 e. The van der Waals surface area contributed by atoms with Crippen molar-refractivity contribution < 1.29 is 19.4 Å². The number of carboxylic acid groups (broad SMARTS) is 1. The first kappa shape index (κ1) is 16.2. The number of aliphatic carboxylic acids is 1. The molecule has 0 atom stereocenters. The Bertz CT molecular complexity index is 762. The number of anilines is 1. The number of rotatable bonds is 3. The van der Waals surface area contributed by atoms with Crippen LogP contribution in [-0.2, 0) is 9.59 Å². The number of methoxy groups -OCH3 is 1. The molecule has 0 aliphatic carbocycles. The zero-order valence-electron chi connectivity index (χ0n) is 12.2. The summed E-state index contributed by atoms with van der Waals surface area (Å²) in [6.07, 6.45) is 0. The molecule has 0 amide bonds. The fourth-order valence-corrected chi connectivity index (χ4v) is 4.68. The van der Waals surface area contributed by atoms with Crippen LogP contribution in [0.3, 0.4) is 0 Å². The lowest BCUT2D eigenvalue weighted by Gasteiger charge is -2.22. The third-order valence-electron chi connectivity index (χ3n) is 3.39. The summed E-state index contributed by atoms with van der Waals surface area (Å²) in [5, 5.41) is 11.3. The predicted octanol–water partition coefficient (Wildman–Crippen LogP) is 1.02. The summed E-state index contributed by atoms with van der Waals surface area (Å²) in [6.45, 7) is -0.440. The van der Waals surface area contributed by atoms with Crippen molar-refractivity contribution in [3.8, 4) is 5.75 Å². The fraction of sp³-hybridized carbons (Fsp3) is 0.214. The Morgan fingerprint density at radius 1 is 1.39 bits per heavy atom. The lowest BCUT2D eigenvalue weighted by molar-refractivity contribution is -0.305. The van der Waals surface area contributed by atoms with Crippen molar-refractivity contribution in [2.75, 3.05) is 25.6 Å². The molecule has 1 fully saturated rings. The highest BCUT2D eigenvalue weighted by Crippen LogP contribution is 2.49. The first-order chi connectivity index (χ1) is 10.9. The first-order valence-corrected chi connectivity index (χ1v) is 8.54. The van der Waals surface area contributed by atoms with Crippen LogP contribution in [-0.4, -0.2) is 41.0 Å². The average Bonchev–Trinajstić information content (AvgIpc) is 2.96. The Morgan fingerprint density at radius 2 is 2.13 bits per heavy atom. The molecule has 0 unspecified atom stereocenters. The molecule has 0 spiro atoms. The highest BCUT2D eigenvalue weighted by molar-refractivity contribution is 8.33. The number of carboxylic acids is 1. The minimum Gasteiger partial charge on any atom is -0.548 e. The van der Waals surface area contributed by atoms with E-state index in [1.54, 1.807) is 7.11 Å².